The molecule has 1 atom stereocenters. The Bertz CT molecular complexity index is 362. The number of carbonyl (C=O) groups is 1. The van der Waals surface area contributed by atoms with Crippen LogP contribution in [-0.2, 0) is 0 Å². The lowest BCUT2D eigenvalue weighted by atomic mass is 9.91. The number of nitrogens with one attached hydrogen (secondary N) is 1. The second kappa shape index (κ2) is 6.00. The van der Waals surface area contributed by atoms with Gasteiger partial charge in [-0.1, -0.05) is 20.8 Å². The summed E-state index contributed by atoms with van der Waals surface area (Å²) in [4.78, 5) is 19.4. The number of carbonyl (C=O) groups excluding carboxylic acids is 1. The fraction of sp³-hybridized carbons (Fsp3) is 0.583. The van der Waals surface area contributed by atoms with Gasteiger partial charge in [-0.15, -0.1) is 0 Å². The van der Waals surface area contributed by atoms with Gasteiger partial charge < -0.3 is 5.32 Å². The fourth-order valence-corrected chi connectivity index (χ4v) is 2.40. The van der Waals surface area contributed by atoms with E-state index in [2.05, 4.69) is 42.3 Å². The van der Waals surface area contributed by atoms with Crippen molar-refractivity contribution in [2.75, 3.05) is 12.8 Å². The molecule has 0 aliphatic carbocycles. The summed E-state index contributed by atoms with van der Waals surface area (Å²) in [5.41, 5.74) is 0.668. The van der Waals surface area contributed by atoms with Crippen molar-refractivity contribution in [1.29, 1.82) is 0 Å². The van der Waals surface area contributed by atoms with E-state index in [1.54, 1.807) is 11.8 Å². The molecule has 0 radical (unpaired) electrons. The van der Waals surface area contributed by atoms with E-state index in [-0.39, 0.29) is 11.3 Å². The summed E-state index contributed by atoms with van der Waals surface area (Å²) in [5.74, 6) is -0.117. The zero-order valence-corrected chi connectivity index (χ0v) is 11.5. The third-order valence-corrected chi connectivity index (χ3v) is 3.96. The number of aromatic nitrogens is 2. The van der Waals surface area contributed by atoms with Crippen LogP contribution in [0.25, 0.3) is 0 Å². The number of rotatable bonds is 4. The van der Waals surface area contributed by atoms with Crippen LogP contribution in [0.3, 0.4) is 0 Å². The van der Waals surface area contributed by atoms with Crippen molar-refractivity contribution in [1.82, 2.24) is 15.3 Å². The summed E-state index contributed by atoms with van der Waals surface area (Å²) < 4.78 is 0. The number of nitrogens with zero attached hydrogens (tertiary/aromatic N) is 2. The van der Waals surface area contributed by atoms with E-state index in [0.717, 1.165) is 0 Å². The third kappa shape index (κ3) is 4.34. The summed E-state index contributed by atoms with van der Waals surface area (Å²) in [7, 11) is 0. The van der Waals surface area contributed by atoms with Crippen LogP contribution in [0.4, 0.5) is 0 Å². The van der Waals surface area contributed by atoms with Crippen LogP contribution < -0.4 is 5.32 Å². The van der Waals surface area contributed by atoms with Gasteiger partial charge in [-0.3, -0.25) is 4.79 Å². The van der Waals surface area contributed by atoms with Gasteiger partial charge >= 0.3 is 0 Å². The zero-order chi connectivity index (χ0) is 12.9. The van der Waals surface area contributed by atoms with Crippen molar-refractivity contribution in [3.8, 4) is 0 Å². The molecule has 1 amide bonds. The molecule has 17 heavy (non-hydrogen) atoms. The molecule has 1 rings (SSSR count). The minimum absolute atomic E-state index is 0.117. The molecular formula is C12H19N3OS. The first-order valence-electron chi connectivity index (χ1n) is 5.51. The number of amides is 1. The Kier molecular flexibility index (Phi) is 4.93. The van der Waals surface area contributed by atoms with Crippen molar-refractivity contribution in [2.24, 2.45) is 5.41 Å². The maximum Gasteiger partial charge on any atom is 0.254 e. The molecule has 1 aromatic rings. The molecule has 1 N–H and O–H groups in total. The average Bonchev–Trinajstić information content (AvgIpc) is 2.29. The molecule has 1 aromatic heterocycles. The minimum atomic E-state index is -0.117. The van der Waals surface area contributed by atoms with Crippen LogP contribution >= 0.6 is 11.8 Å². The number of thioether (sulfide) groups is 1. The van der Waals surface area contributed by atoms with Crippen molar-refractivity contribution in [3.05, 3.63) is 24.3 Å². The maximum atomic E-state index is 11.8. The van der Waals surface area contributed by atoms with Gasteiger partial charge in [0.2, 0.25) is 0 Å². The van der Waals surface area contributed by atoms with Gasteiger partial charge in [-0.25, -0.2) is 9.97 Å². The van der Waals surface area contributed by atoms with Gasteiger partial charge in [0.05, 0.1) is 5.56 Å². The second-order valence-electron chi connectivity index (χ2n) is 4.93. The molecule has 0 saturated heterocycles. The summed E-state index contributed by atoms with van der Waals surface area (Å²) in [6.45, 7) is 7.17. The van der Waals surface area contributed by atoms with Crippen LogP contribution in [0.5, 0.6) is 0 Å². The van der Waals surface area contributed by atoms with Crippen LogP contribution in [0.15, 0.2) is 18.7 Å². The molecular weight excluding hydrogens is 234 g/mol. The topological polar surface area (TPSA) is 54.9 Å². The lowest BCUT2D eigenvalue weighted by molar-refractivity contribution is 0.0950. The van der Waals surface area contributed by atoms with Gasteiger partial charge in [0, 0.05) is 24.2 Å². The van der Waals surface area contributed by atoms with E-state index in [1.165, 1.54) is 18.7 Å². The van der Waals surface area contributed by atoms with Crippen molar-refractivity contribution < 1.29 is 4.79 Å². The molecule has 94 valence electrons. The SMILES string of the molecule is CSC(CNC(=O)c1cncnc1)C(C)(C)C. The molecule has 0 aromatic carbocycles. The highest BCUT2D eigenvalue weighted by Crippen LogP contribution is 2.28. The molecule has 5 heteroatoms. The standard InChI is InChI=1S/C12H19N3OS/c1-12(2,3)10(17-4)7-15-11(16)9-5-13-8-14-6-9/h5-6,8,10H,7H2,1-4H3,(H,15,16). The van der Waals surface area contributed by atoms with E-state index < -0.39 is 0 Å². The van der Waals surface area contributed by atoms with Crippen molar-refractivity contribution >= 4 is 17.7 Å². The predicted octanol–water partition coefficient (Wildman–Crippen LogP) is 1.98. The number of hydrogen-bond acceptors (Lipinski definition) is 4. The first-order valence-corrected chi connectivity index (χ1v) is 6.80. The maximum absolute atomic E-state index is 11.8. The molecule has 0 aliphatic rings. The molecule has 4 nitrogen and oxygen atoms in total. The highest BCUT2D eigenvalue weighted by molar-refractivity contribution is 7.99. The van der Waals surface area contributed by atoms with Gasteiger partial charge in [0.1, 0.15) is 6.33 Å². The Balaban J connectivity index is 2.54. The Morgan fingerprint density at radius 2 is 2.00 bits per heavy atom. The number of hydrogen-bond donors (Lipinski definition) is 1. The van der Waals surface area contributed by atoms with E-state index in [9.17, 15) is 4.79 Å². The molecule has 0 bridgehead atoms. The molecule has 1 unspecified atom stereocenters. The minimum Gasteiger partial charge on any atom is -0.351 e. The lowest BCUT2D eigenvalue weighted by Crippen LogP contribution is -2.37. The van der Waals surface area contributed by atoms with E-state index in [0.29, 0.717) is 17.4 Å². The average molecular weight is 253 g/mol. The van der Waals surface area contributed by atoms with Gasteiger partial charge in [0.25, 0.3) is 5.91 Å². The Morgan fingerprint density at radius 3 is 2.47 bits per heavy atom. The predicted molar refractivity (Wildman–Crippen MR) is 71.1 cm³/mol. The molecule has 0 aliphatic heterocycles. The molecule has 0 saturated carbocycles. The Morgan fingerprint density at radius 1 is 1.41 bits per heavy atom. The highest BCUT2D eigenvalue weighted by Gasteiger charge is 2.24. The van der Waals surface area contributed by atoms with Crippen LogP contribution in [0.1, 0.15) is 31.1 Å². The fourth-order valence-electron chi connectivity index (χ4n) is 1.45. The van der Waals surface area contributed by atoms with E-state index in [1.807, 2.05) is 0 Å². The van der Waals surface area contributed by atoms with Crippen LogP contribution in [-0.4, -0.2) is 33.9 Å². The van der Waals surface area contributed by atoms with Crippen molar-refractivity contribution in [2.45, 2.75) is 26.0 Å². The van der Waals surface area contributed by atoms with Gasteiger partial charge in [-0.05, 0) is 11.7 Å². The zero-order valence-electron chi connectivity index (χ0n) is 10.7. The normalized spacial score (nSPS) is 13.2. The first-order chi connectivity index (χ1) is 7.95. The van der Waals surface area contributed by atoms with Crippen molar-refractivity contribution in [3.63, 3.8) is 0 Å². The third-order valence-electron chi connectivity index (χ3n) is 2.52. The molecule has 0 fully saturated rings. The smallest absolute Gasteiger partial charge is 0.254 e. The van der Waals surface area contributed by atoms with Gasteiger partial charge in [-0.2, -0.15) is 11.8 Å². The quantitative estimate of drug-likeness (QED) is 0.891. The summed E-state index contributed by atoms with van der Waals surface area (Å²) >= 11 is 1.77. The van der Waals surface area contributed by atoms with Crippen LogP contribution in [0.2, 0.25) is 0 Å². The lowest BCUT2D eigenvalue weighted by Gasteiger charge is -2.29. The second-order valence-corrected chi connectivity index (χ2v) is 5.97. The van der Waals surface area contributed by atoms with Gasteiger partial charge in [0.15, 0.2) is 0 Å². The summed E-state index contributed by atoms with van der Waals surface area (Å²) in [5, 5.41) is 3.30. The molecule has 0 spiro atoms. The highest BCUT2D eigenvalue weighted by atomic mass is 32.2. The largest absolute Gasteiger partial charge is 0.351 e. The Labute approximate surface area is 107 Å². The monoisotopic (exact) mass is 253 g/mol. The summed E-state index contributed by atoms with van der Waals surface area (Å²) in [6.07, 6.45) is 6.52. The van der Waals surface area contributed by atoms with E-state index in [4.69, 9.17) is 0 Å². The first kappa shape index (κ1) is 14.0. The summed E-state index contributed by atoms with van der Waals surface area (Å²) in [6, 6.07) is 0. The molecule has 1 heterocycles. The Hall–Kier alpha value is -1.10. The van der Waals surface area contributed by atoms with Crippen LogP contribution in [0, 0.1) is 5.41 Å². The van der Waals surface area contributed by atoms with E-state index >= 15 is 0 Å².